The van der Waals surface area contributed by atoms with Crippen molar-refractivity contribution in [2.24, 2.45) is 5.92 Å². The Labute approximate surface area is 223 Å². The van der Waals surface area contributed by atoms with Gasteiger partial charge in [-0.3, -0.25) is 9.59 Å². The number of carbonyl (C=O) groups excluding carboxylic acids is 2. The molecule has 1 N–H and O–H groups in total. The van der Waals surface area contributed by atoms with Crippen molar-refractivity contribution in [3.63, 3.8) is 0 Å². The van der Waals surface area contributed by atoms with Gasteiger partial charge in [0.25, 0.3) is 0 Å². The number of anilines is 1. The maximum absolute atomic E-state index is 13.3. The van der Waals surface area contributed by atoms with Gasteiger partial charge in [-0.1, -0.05) is 36.8 Å². The van der Waals surface area contributed by atoms with E-state index in [1.54, 1.807) is 48.4 Å². The molecule has 200 valence electrons. The SMILES string of the molecule is COCCC(=O)N1CC(CCCCc2ccccc2)CC1C(=O)Nc1ccc(Oc2ccc(F)cc2)cc1. The van der Waals surface area contributed by atoms with Gasteiger partial charge in [0.2, 0.25) is 11.8 Å². The van der Waals surface area contributed by atoms with Crippen LogP contribution in [0.5, 0.6) is 11.5 Å². The predicted molar refractivity (Wildman–Crippen MR) is 146 cm³/mol. The Hall–Kier alpha value is -3.71. The first-order chi connectivity index (χ1) is 18.5. The number of nitrogens with zero attached hydrogens (tertiary/aromatic N) is 1. The minimum Gasteiger partial charge on any atom is -0.457 e. The summed E-state index contributed by atoms with van der Waals surface area (Å²) in [6.07, 6.45) is 5.08. The molecule has 7 heteroatoms. The number of likely N-dealkylation sites (tertiary alicyclic amines) is 1. The average molecular weight is 519 g/mol. The van der Waals surface area contributed by atoms with Crippen LogP contribution in [0.25, 0.3) is 0 Å². The Balaban J connectivity index is 1.32. The Kier molecular flexibility index (Phi) is 9.87. The van der Waals surface area contributed by atoms with Crippen molar-refractivity contribution in [2.45, 2.75) is 44.6 Å². The summed E-state index contributed by atoms with van der Waals surface area (Å²) in [6, 6.07) is 22.7. The third-order valence-electron chi connectivity index (χ3n) is 6.87. The smallest absolute Gasteiger partial charge is 0.247 e. The molecule has 1 aliphatic rings. The number of halogens is 1. The molecule has 3 aromatic carbocycles. The number of hydrogen-bond donors (Lipinski definition) is 1. The van der Waals surface area contributed by atoms with E-state index in [1.165, 1.54) is 17.7 Å². The van der Waals surface area contributed by atoms with Crippen LogP contribution < -0.4 is 10.1 Å². The van der Waals surface area contributed by atoms with E-state index >= 15 is 0 Å². The summed E-state index contributed by atoms with van der Waals surface area (Å²) in [6.45, 7) is 0.928. The summed E-state index contributed by atoms with van der Waals surface area (Å²) in [5.74, 6) is 0.819. The lowest BCUT2D eigenvalue weighted by atomic mass is 9.97. The fourth-order valence-electron chi connectivity index (χ4n) is 4.87. The molecular formula is C31H35FN2O4. The van der Waals surface area contributed by atoms with Crippen LogP contribution in [0.1, 0.15) is 37.7 Å². The van der Waals surface area contributed by atoms with E-state index in [4.69, 9.17) is 9.47 Å². The van der Waals surface area contributed by atoms with Gasteiger partial charge in [0.1, 0.15) is 23.4 Å². The molecule has 1 heterocycles. The second kappa shape index (κ2) is 13.7. The molecule has 2 unspecified atom stereocenters. The number of aryl methyl sites for hydroxylation is 1. The van der Waals surface area contributed by atoms with Gasteiger partial charge in [0, 0.05) is 19.3 Å². The zero-order valence-electron chi connectivity index (χ0n) is 21.8. The summed E-state index contributed by atoms with van der Waals surface area (Å²) >= 11 is 0. The molecule has 1 aliphatic heterocycles. The number of carbonyl (C=O) groups is 2. The highest BCUT2D eigenvalue weighted by atomic mass is 19.1. The van der Waals surface area contributed by atoms with Crippen molar-refractivity contribution in [3.8, 4) is 11.5 Å². The molecule has 3 aromatic rings. The van der Waals surface area contributed by atoms with Crippen LogP contribution in [0.4, 0.5) is 10.1 Å². The number of amides is 2. The van der Waals surface area contributed by atoms with Crippen molar-refractivity contribution in [1.29, 1.82) is 0 Å². The second-order valence-electron chi connectivity index (χ2n) is 9.71. The van der Waals surface area contributed by atoms with Crippen LogP contribution in [0.15, 0.2) is 78.9 Å². The van der Waals surface area contributed by atoms with Gasteiger partial charge >= 0.3 is 0 Å². The summed E-state index contributed by atoms with van der Waals surface area (Å²) < 4.78 is 23.9. The predicted octanol–water partition coefficient (Wildman–Crippen LogP) is 6.22. The molecule has 2 atom stereocenters. The highest BCUT2D eigenvalue weighted by Crippen LogP contribution is 2.30. The minimum absolute atomic E-state index is 0.0539. The normalized spacial score (nSPS) is 16.8. The van der Waals surface area contributed by atoms with Gasteiger partial charge in [-0.25, -0.2) is 4.39 Å². The Morgan fingerprint density at radius 3 is 2.32 bits per heavy atom. The largest absolute Gasteiger partial charge is 0.457 e. The van der Waals surface area contributed by atoms with Gasteiger partial charge < -0.3 is 19.7 Å². The van der Waals surface area contributed by atoms with Crippen molar-refractivity contribution < 1.29 is 23.5 Å². The van der Waals surface area contributed by atoms with Gasteiger partial charge in [0.05, 0.1) is 13.0 Å². The highest BCUT2D eigenvalue weighted by molar-refractivity contribution is 5.97. The Bertz CT molecular complexity index is 1170. The second-order valence-corrected chi connectivity index (χ2v) is 9.71. The molecule has 0 spiro atoms. The third kappa shape index (κ3) is 7.89. The molecule has 0 bridgehead atoms. The van der Waals surface area contributed by atoms with E-state index < -0.39 is 6.04 Å². The standard InChI is InChI=1S/C31H35FN2O4/c1-37-20-19-30(35)34-22-24(10-6-5-9-23-7-3-2-4-8-23)21-29(34)31(36)33-26-13-17-28(18-14-26)38-27-15-11-25(32)12-16-27/h2-4,7-8,11-18,24,29H,5-6,9-10,19-22H2,1H3,(H,33,36). The quantitative estimate of drug-likeness (QED) is 0.289. The van der Waals surface area contributed by atoms with E-state index in [1.807, 2.05) is 6.07 Å². The number of hydrogen-bond acceptors (Lipinski definition) is 4. The zero-order chi connectivity index (χ0) is 26.7. The lowest BCUT2D eigenvalue weighted by molar-refractivity contribution is -0.137. The molecule has 2 amide bonds. The van der Waals surface area contributed by atoms with Gasteiger partial charge in [-0.05, 0) is 85.7 Å². The van der Waals surface area contributed by atoms with Crippen LogP contribution in [-0.2, 0) is 20.7 Å². The lowest BCUT2D eigenvalue weighted by Gasteiger charge is -2.24. The van der Waals surface area contributed by atoms with Crippen LogP contribution in [0.2, 0.25) is 0 Å². The summed E-state index contributed by atoms with van der Waals surface area (Å²) in [7, 11) is 1.57. The van der Waals surface area contributed by atoms with Crippen molar-refractivity contribution in [2.75, 3.05) is 25.6 Å². The van der Waals surface area contributed by atoms with Gasteiger partial charge in [-0.15, -0.1) is 0 Å². The Morgan fingerprint density at radius 1 is 0.947 bits per heavy atom. The summed E-state index contributed by atoms with van der Waals surface area (Å²) in [5, 5.41) is 2.96. The number of benzene rings is 3. The van der Waals surface area contributed by atoms with Crippen molar-refractivity contribution in [1.82, 2.24) is 4.90 Å². The molecular weight excluding hydrogens is 483 g/mol. The number of rotatable bonds is 12. The van der Waals surface area contributed by atoms with Crippen LogP contribution >= 0.6 is 0 Å². The average Bonchev–Trinajstić information content (AvgIpc) is 3.37. The Morgan fingerprint density at radius 2 is 1.63 bits per heavy atom. The third-order valence-corrected chi connectivity index (χ3v) is 6.87. The van der Waals surface area contributed by atoms with Gasteiger partial charge in [-0.2, -0.15) is 0 Å². The van der Waals surface area contributed by atoms with E-state index in [9.17, 15) is 14.0 Å². The number of ether oxygens (including phenoxy) is 2. The van der Waals surface area contributed by atoms with E-state index in [2.05, 4.69) is 29.6 Å². The molecule has 1 fully saturated rings. The fourth-order valence-corrected chi connectivity index (χ4v) is 4.87. The number of unbranched alkanes of at least 4 members (excludes halogenated alkanes) is 1. The minimum atomic E-state index is -0.506. The topological polar surface area (TPSA) is 67.9 Å². The summed E-state index contributed by atoms with van der Waals surface area (Å²) in [5.41, 5.74) is 1.96. The summed E-state index contributed by atoms with van der Waals surface area (Å²) in [4.78, 5) is 27.9. The molecule has 1 saturated heterocycles. The van der Waals surface area contributed by atoms with E-state index in [0.717, 1.165) is 25.7 Å². The monoisotopic (exact) mass is 518 g/mol. The molecule has 0 aliphatic carbocycles. The van der Waals surface area contributed by atoms with Crippen molar-refractivity contribution in [3.05, 3.63) is 90.2 Å². The highest BCUT2D eigenvalue weighted by Gasteiger charge is 2.38. The molecule has 38 heavy (non-hydrogen) atoms. The molecule has 0 radical (unpaired) electrons. The zero-order valence-corrected chi connectivity index (χ0v) is 21.8. The maximum atomic E-state index is 13.3. The molecule has 6 nitrogen and oxygen atoms in total. The maximum Gasteiger partial charge on any atom is 0.247 e. The first kappa shape index (κ1) is 27.3. The van der Waals surface area contributed by atoms with Gasteiger partial charge in [0.15, 0.2) is 0 Å². The molecule has 0 saturated carbocycles. The first-order valence-electron chi connectivity index (χ1n) is 13.2. The van der Waals surface area contributed by atoms with E-state index in [-0.39, 0.29) is 24.1 Å². The van der Waals surface area contributed by atoms with Crippen LogP contribution in [-0.4, -0.2) is 43.0 Å². The molecule has 0 aromatic heterocycles. The fraction of sp³-hybridized carbons (Fsp3) is 0.355. The van der Waals surface area contributed by atoms with Crippen LogP contribution in [0.3, 0.4) is 0 Å². The van der Waals surface area contributed by atoms with Crippen LogP contribution in [0, 0.1) is 11.7 Å². The van der Waals surface area contributed by atoms with E-state index in [0.29, 0.717) is 42.7 Å². The number of methoxy groups -OCH3 is 1. The number of nitrogens with one attached hydrogen (secondary N) is 1. The first-order valence-corrected chi connectivity index (χ1v) is 13.2. The lowest BCUT2D eigenvalue weighted by Crippen LogP contribution is -2.43. The van der Waals surface area contributed by atoms with Crippen molar-refractivity contribution >= 4 is 17.5 Å². The molecule has 4 rings (SSSR count).